The summed E-state index contributed by atoms with van der Waals surface area (Å²) in [4.78, 5) is 12.8. The van der Waals surface area contributed by atoms with E-state index in [1.807, 2.05) is 65.2 Å². The van der Waals surface area contributed by atoms with Crippen molar-refractivity contribution in [1.82, 2.24) is 4.57 Å². The second kappa shape index (κ2) is 7.79. The van der Waals surface area contributed by atoms with Gasteiger partial charge in [0.25, 0.3) is 0 Å². The Morgan fingerprint density at radius 2 is 2.15 bits per heavy atom. The number of imidazole rings is 1. The van der Waals surface area contributed by atoms with Crippen LogP contribution in [0.4, 0.5) is 0 Å². The van der Waals surface area contributed by atoms with Crippen LogP contribution in [-0.2, 0) is 27.9 Å². The average Bonchev–Trinajstić information content (AvgIpc) is 3.07. The maximum Gasteiger partial charge on any atom is 0.338 e. The van der Waals surface area contributed by atoms with E-state index in [2.05, 4.69) is 6.07 Å². The molecule has 3 rings (SSSR count). The molecule has 7 nitrogen and oxygen atoms in total. The minimum Gasteiger partial charge on any atom is -0.458 e. The summed E-state index contributed by atoms with van der Waals surface area (Å²) in [5.41, 5.74) is 7.17. The van der Waals surface area contributed by atoms with E-state index in [1.165, 1.54) is 0 Å². The second-order valence-electron chi connectivity index (χ2n) is 6.26. The smallest absolute Gasteiger partial charge is 0.338 e. The van der Waals surface area contributed by atoms with Crippen molar-refractivity contribution in [3.63, 3.8) is 0 Å². The molecule has 0 amide bonds. The van der Waals surface area contributed by atoms with Crippen LogP contribution < -0.4 is 10.3 Å². The fraction of sp³-hybridized carbons (Fsp3) is 0.250. The van der Waals surface area contributed by atoms with Crippen LogP contribution in [0.25, 0.3) is 0 Å². The molecule has 0 spiro atoms. The van der Waals surface area contributed by atoms with Crippen LogP contribution >= 0.6 is 0 Å². The summed E-state index contributed by atoms with van der Waals surface area (Å²) < 4.78 is 14.7. The van der Waals surface area contributed by atoms with E-state index in [4.69, 9.17) is 15.2 Å². The van der Waals surface area contributed by atoms with Gasteiger partial charge in [0.05, 0.1) is 18.5 Å². The SMILES string of the molecule is CC1=C(C(=O)OCCn2cc[n+](C)c2)C(c2ccccc2)C(C#N)=C(N)O1. The second-order valence-corrected chi connectivity index (χ2v) is 6.26. The van der Waals surface area contributed by atoms with Crippen molar-refractivity contribution in [2.45, 2.75) is 19.4 Å². The summed E-state index contributed by atoms with van der Waals surface area (Å²) in [6.07, 6.45) is 5.69. The van der Waals surface area contributed by atoms with Gasteiger partial charge in [-0.1, -0.05) is 30.3 Å². The quantitative estimate of drug-likeness (QED) is 0.642. The van der Waals surface area contributed by atoms with Crippen molar-refractivity contribution in [2.75, 3.05) is 6.61 Å². The molecule has 27 heavy (non-hydrogen) atoms. The van der Waals surface area contributed by atoms with Gasteiger partial charge in [-0.3, -0.25) is 0 Å². The lowest BCUT2D eigenvalue weighted by molar-refractivity contribution is -0.671. The first-order chi connectivity index (χ1) is 13.0. The maximum atomic E-state index is 12.8. The molecule has 1 aliphatic rings. The predicted molar refractivity (Wildman–Crippen MR) is 96.4 cm³/mol. The van der Waals surface area contributed by atoms with Crippen molar-refractivity contribution in [3.05, 3.63) is 77.4 Å². The first kappa shape index (κ1) is 18.3. The molecule has 1 aromatic carbocycles. The number of rotatable bonds is 5. The van der Waals surface area contributed by atoms with Crippen molar-refractivity contribution in [2.24, 2.45) is 12.8 Å². The third-order valence-corrected chi connectivity index (χ3v) is 4.36. The van der Waals surface area contributed by atoms with Crippen molar-refractivity contribution in [1.29, 1.82) is 5.26 Å². The third-order valence-electron chi connectivity index (χ3n) is 4.36. The molecule has 0 saturated carbocycles. The number of nitriles is 1. The highest BCUT2D eigenvalue weighted by atomic mass is 16.5. The summed E-state index contributed by atoms with van der Waals surface area (Å²) in [6, 6.07) is 11.3. The number of aromatic nitrogens is 2. The van der Waals surface area contributed by atoms with Crippen molar-refractivity contribution < 1.29 is 18.8 Å². The molecule has 2 heterocycles. The van der Waals surface area contributed by atoms with Gasteiger partial charge in [0.15, 0.2) is 0 Å². The van der Waals surface area contributed by atoms with Crippen LogP contribution in [0.5, 0.6) is 0 Å². The van der Waals surface area contributed by atoms with Gasteiger partial charge >= 0.3 is 5.97 Å². The summed E-state index contributed by atoms with van der Waals surface area (Å²) in [5.74, 6) is -0.766. The number of hydrogen-bond donors (Lipinski definition) is 1. The number of benzene rings is 1. The number of esters is 1. The summed E-state index contributed by atoms with van der Waals surface area (Å²) in [7, 11) is 1.92. The maximum absolute atomic E-state index is 12.8. The van der Waals surface area contributed by atoms with Gasteiger partial charge in [0.1, 0.15) is 42.9 Å². The van der Waals surface area contributed by atoms with E-state index >= 15 is 0 Å². The Morgan fingerprint density at radius 1 is 1.41 bits per heavy atom. The third kappa shape index (κ3) is 3.85. The van der Waals surface area contributed by atoms with Gasteiger partial charge in [-0.2, -0.15) is 5.26 Å². The Kier molecular flexibility index (Phi) is 5.27. The highest BCUT2D eigenvalue weighted by Gasteiger charge is 2.36. The number of allylic oxidation sites excluding steroid dienone is 2. The lowest BCUT2D eigenvalue weighted by Gasteiger charge is -2.26. The summed E-state index contributed by atoms with van der Waals surface area (Å²) in [5, 5.41) is 9.56. The normalized spacial score (nSPS) is 16.7. The topological polar surface area (TPSA) is 94.2 Å². The Bertz CT molecular complexity index is 951. The number of ether oxygens (including phenoxy) is 2. The molecule has 1 atom stereocenters. The fourth-order valence-electron chi connectivity index (χ4n) is 3.08. The zero-order valence-corrected chi connectivity index (χ0v) is 15.3. The predicted octanol–water partition coefficient (Wildman–Crippen LogP) is 1.64. The number of aryl methyl sites for hydroxylation is 1. The molecule has 1 aliphatic heterocycles. The fourth-order valence-corrected chi connectivity index (χ4v) is 3.08. The monoisotopic (exact) mass is 365 g/mol. The van der Waals surface area contributed by atoms with Gasteiger partial charge in [-0.05, 0) is 12.5 Å². The van der Waals surface area contributed by atoms with E-state index in [1.54, 1.807) is 6.92 Å². The Labute approximate surface area is 157 Å². The Balaban J connectivity index is 1.83. The van der Waals surface area contributed by atoms with E-state index in [-0.39, 0.29) is 18.1 Å². The minimum atomic E-state index is -0.609. The molecule has 138 valence electrons. The molecule has 0 fully saturated rings. The molecular formula is C20H21N4O3+. The van der Waals surface area contributed by atoms with Crippen LogP contribution in [0.3, 0.4) is 0 Å². The zero-order chi connectivity index (χ0) is 19.4. The van der Waals surface area contributed by atoms with Crippen LogP contribution in [0.1, 0.15) is 18.4 Å². The average molecular weight is 365 g/mol. The Hall–Kier alpha value is -3.53. The molecule has 1 unspecified atom stereocenters. The Morgan fingerprint density at radius 3 is 2.78 bits per heavy atom. The van der Waals surface area contributed by atoms with Crippen molar-refractivity contribution in [3.8, 4) is 6.07 Å². The van der Waals surface area contributed by atoms with Crippen LogP contribution in [-0.4, -0.2) is 17.1 Å². The first-order valence-corrected chi connectivity index (χ1v) is 8.52. The lowest BCUT2D eigenvalue weighted by Crippen LogP contribution is -2.26. The van der Waals surface area contributed by atoms with Crippen LogP contribution in [0, 0.1) is 11.3 Å². The van der Waals surface area contributed by atoms with E-state index < -0.39 is 11.9 Å². The zero-order valence-electron chi connectivity index (χ0n) is 15.3. The molecule has 0 saturated heterocycles. The number of hydrogen-bond acceptors (Lipinski definition) is 5. The molecular weight excluding hydrogens is 344 g/mol. The van der Waals surface area contributed by atoms with E-state index in [0.29, 0.717) is 17.9 Å². The van der Waals surface area contributed by atoms with E-state index in [9.17, 15) is 10.1 Å². The van der Waals surface area contributed by atoms with E-state index in [0.717, 1.165) is 5.56 Å². The number of carbonyl (C=O) groups is 1. The van der Waals surface area contributed by atoms with Gasteiger partial charge < -0.3 is 15.2 Å². The van der Waals surface area contributed by atoms with Gasteiger partial charge in [0, 0.05) is 0 Å². The minimum absolute atomic E-state index is 0.0141. The molecule has 2 N–H and O–H groups in total. The molecule has 1 aromatic heterocycles. The summed E-state index contributed by atoms with van der Waals surface area (Å²) >= 11 is 0. The standard InChI is InChI=1S/C20H21N4O3/c1-14-17(20(25)26-11-10-24-9-8-23(2)13-24)18(15-6-4-3-5-7-15)16(12-21)19(22)27-14/h3-9,13,18H,10-11,22H2,1-2H3/q+1. The molecule has 0 bridgehead atoms. The highest BCUT2D eigenvalue weighted by molar-refractivity contribution is 5.92. The van der Waals surface area contributed by atoms with Crippen LogP contribution in [0.15, 0.2) is 71.8 Å². The van der Waals surface area contributed by atoms with Crippen LogP contribution in [0.2, 0.25) is 0 Å². The molecule has 0 radical (unpaired) electrons. The highest BCUT2D eigenvalue weighted by Crippen LogP contribution is 2.39. The molecule has 7 heteroatoms. The number of carbonyl (C=O) groups excluding carboxylic acids is 1. The number of nitrogens with zero attached hydrogens (tertiary/aromatic N) is 3. The van der Waals surface area contributed by atoms with Crippen molar-refractivity contribution >= 4 is 5.97 Å². The van der Waals surface area contributed by atoms with Gasteiger partial charge in [0.2, 0.25) is 12.2 Å². The number of nitrogens with two attached hydrogens (primary N) is 1. The first-order valence-electron chi connectivity index (χ1n) is 8.52. The molecule has 2 aromatic rings. The van der Waals surface area contributed by atoms with Gasteiger partial charge in [-0.15, -0.1) is 0 Å². The largest absolute Gasteiger partial charge is 0.458 e. The lowest BCUT2D eigenvalue weighted by atomic mass is 9.83. The molecule has 0 aliphatic carbocycles. The van der Waals surface area contributed by atoms with Gasteiger partial charge in [-0.25, -0.2) is 13.9 Å². The summed E-state index contributed by atoms with van der Waals surface area (Å²) in [6.45, 7) is 2.38.